The van der Waals surface area contributed by atoms with Gasteiger partial charge in [0.25, 0.3) is 0 Å². The largest absolute Gasteiger partial charge is 0.349 e. The SMILES string of the molecule is CC(C)C1c2cccn2CCN1S(C)(=O)=O. The van der Waals surface area contributed by atoms with Crippen LogP contribution < -0.4 is 0 Å². The van der Waals surface area contributed by atoms with Crippen molar-refractivity contribution in [2.75, 3.05) is 12.8 Å². The predicted octanol–water partition coefficient (Wildman–Crippen LogP) is 1.46. The summed E-state index contributed by atoms with van der Waals surface area (Å²) in [6.07, 6.45) is 3.31. The van der Waals surface area contributed by atoms with E-state index in [9.17, 15) is 8.42 Å². The lowest BCUT2D eigenvalue weighted by molar-refractivity contribution is 0.216. The van der Waals surface area contributed by atoms with Gasteiger partial charge < -0.3 is 4.57 Å². The molecule has 2 heterocycles. The molecule has 1 aromatic heterocycles. The summed E-state index contributed by atoms with van der Waals surface area (Å²) in [5.41, 5.74) is 1.10. The molecule has 1 aromatic rings. The van der Waals surface area contributed by atoms with Gasteiger partial charge in [-0.25, -0.2) is 8.42 Å². The van der Waals surface area contributed by atoms with Crippen molar-refractivity contribution in [3.8, 4) is 0 Å². The standard InChI is InChI=1S/C11H18N2O2S/c1-9(2)11-10-5-4-6-12(10)7-8-13(11)16(3,14)15/h4-6,9,11H,7-8H2,1-3H3. The maximum Gasteiger partial charge on any atom is 0.211 e. The van der Waals surface area contributed by atoms with Crippen LogP contribution >= 0.6 is 0 Å². The van der Waals surface area contributed by atoms with E-state index < -0.39 is 10.0 Å². The van der Waals surface area contributed by atoms with Crippen LogP contribution in [0.25, 0.3) is 0 Å². The zero-order valence-corrected chi connectivity index (χ0v) is 10.7. The third-order valence-electron chi connectivity index (χ3n) is 3.10. The molecule has 2 rings (SSSR count). The number of aromatic nitrogens is 1. The minimum Gasteiger partial charge on any atom is -0.349 e. The summed E-state index contributed by atoms with van der Waals surface area (Å²) in [5.74, 6) is 0.281. The van der Waals surface area contributed by atoms with E-state index in [1.54, 1.807) is 4.31 Å². The molecule has 0 spiro atoms. The summed E-state index contributed by atoms with van der Waals surface area (Å²) in [6, 6.07) is 3.97. The second kappa shape index (κ2) is 3.89. The Morgan fingerprint density at radius 1 is 1.38 bits per heavy atom. The normalized spacial score (nSPS) is 22.4. The van der Waals surface area contributed by atoms with E-state index in [0.29, 0.717) is 6.54 Å². The van der Waals surface area contributed by atoms with Crippen molar-refractivity contribution < 1.29 is 8.42 Å². The van der Waals surface area contributed by atoms with Crippen LogP contribution in [0.15, 0.2) is 18.3 Å². The Kier molecular flexibility index (Phi) is 2.84. The third-order valence-corrected chi connectivity index (χ3v) is 4.36. The number of nitrogens with zero attached hydrogens (tertiary/aromatic N) is 2. The molecule has 0 N–H and O–H groups in total. The van der Waals surface area contributed by atoms with E-state index in [4.69, 9.17) is 0 Å². The highest BCUT2D eigenvalue weighted by molar-refractivity contribution is 7.88. The third kappa shape index (κ3) is 1.89. The molecule has 0 amide bonds. The quantitative estimate of drug-likeness (QED) is 0.788. The second-order valence-electron chi connectivity index (χ2n) is 4.69. The van der Waals surface area contributed by atoms with Gasteiger partial charge in [0.2, 0.25) is 10.0 Å². The molecule has 1 aliphatic heterocycles. The molecule has 1 aliphatic rings. The summed E-state index contributed by atoms with van der Waals surface area (Å²) in [7, 11) is -3.12. The van der Waals surface area contributed by atoms with Crippen molar-refractivity contribution in [2.24, 2.45) is 5.92 Å². The molecule has 90 valence electrons. The van der Waals surface area contributed by atoms with E-state index in [0.717, 1.165) is 12.2 Å². The van der Waals surface area contributed by atoms with E-state index in [1.165, 1.54) is 6.26 Å². The number of sulfonamides is 1. The van der Waals surface area contributed by atoms with Crippen molar-refractivity contribution in [3.63, 3.8) is 0 Å². The van der Waals surface area contributed by atoms with E-state index >= 15 is 0 Å². The number of hydrogen-bond acceptors (Lipinski definition) is 2. The lowest BCUT2D eigenvalue weighted by Crippen LogP contribution is -2.43. The lowest BCUT2D eigenvalue weighted by atomic mass is 9.99. The van der Waals surface area contributed by atoms with Crippen molar-refractivity contribution in [3.05, 3.63) is 24.0 Å². The van der Waals surface area contributed by atoms with Gasteiger partial charge in [0.15, 0.2) is 0 Å². The molecule has 0 aromatic carbocycles. The minimum atomic E-state index is -3.12. The molecular formula is C11H18N2O2S. The molecule has 16 heavy (non-hydrogen) atoms. The van der Waals surface area contributed by atoms with Gasteiger partial charge in [0.1, 0.15) is 0 Å². The fourth-order valence-electron chi connectivity index (χ4n) is 2.44. The van der Waals surface area contributed by atoms with Crippen molar-refractivity contribution in [2.45, 2.75) is 26.4 Å². The molecular weight excluding hydrogens is 224 g/mol. The van der Waals surface area contributed by atoms with Crippen LogP contribution in [-0.4, -0.2) is 30.1 Å². The van der Waals surface area contributed by atoms with Crippen LogP contribution in [0.4, 0.5) is 0 Å². The van der Waals surface area contributed by atoms with Crippen molar-refractivity contribution >= 4 is 10.0 Å². The van der Waals surface area contributed by atoms with Crippen LogP contribution in [0.5, 0.6) is 0 Å². The van der Waals surface area contributed by atoms with Crippen LogP contribution in [0.3, 0.4) is 0 Å². The summed E-state index contributed by atoms with van der Waals surface area (Å²) < 4.78 is 27.3. The highest BCUT2D eigenvalue weighted by Gasteiger charge is 2.34. The smallest absolute Gasteiger partial charge is 0.211 e. The molecule has 0 fully saturated rings. The first-order chi connectivity index (χ1) is 7.41. The molecule has 4 nitrogen and oxygen atoms in total. The minimum absolute atomic E-state index is 0.0289. The molecule has 0 saturated heterocycles. The maximum absolute atomic E-state index is 11.7. The van der Waals surface area contributed by atoms with Gasteiger partial charge in [-0.1, -0.05) is 13.8 Å². The van der Waals surface area contributed by atoms with Gasteiger partial charge in [0.05, 0.1) is 12.3 Å². The van der Waals surface area contributed by atoms with Gasteiger partial charge in [-0.2, -0.15) is 4.31 Å². The first-order valence-corrected chi connectivity index (χ1v) is 7.38. The average molecular weight is 242 g/mol. The Morgan fingerprint density at radius 2 is 2.06 bits per heavy atom. The van der Waals surface area contributed by atoms with Crippen LogP contribution in [0, 0.1) is 5.92 Å². The number of hydrogen-bond donors (Lipinski definition) is 0. The summed E-state index contributed by atoms with van der Waals surface area (Å²) in [5, 5.41) is 0. The lowest BCUT2D eigenvalue weighted by Gasteiger charge is -2.37. The molecule has 1 atom stereocenters. The molecule has 0 bridgehead atoms. The average Bonchev–Trinajstić information content (AvgIpc) is 2.61. The topological polar surface area (TPSA) is 42.3 Å². The molecule has 5 heteroatoms. The van der Waals surface area contributed by atoms with Gasteiger partial charge in [-0.15, -0.1) is 0 Å². The Morgan fingerprint density at radius 3 is 2.62 bits per heavy atom. The van der Waals surface area contributed by atoms with Crippen LogP contribution in [0.2, 0.25) is 0 Å². The Labute approximate surface area is 96.9 Å². The highest BCUT2D eigenvalue weighted by atomic mass is 32.2. The highest BCUT2D eigenvalue weighted by Crippen LogP contribution is 2.33. The predicted molar refractivity (Wildman–Crippen MR) is 63.6 cm³/mol. The van der Waals surface area contributed by atoms with Crippen molar-refractivity contribution in [1.29, 1.82) is 0 Å². The monoisotopic (exact) mass is 242 g/mol. The summed E-state index contributed by atoms with van der Waals surface area (Å²) in [6.45, 7) is 5.44. The van der Waals surface area contributed by atoms with E-state index in [-0.39, 0.29) is 12.0 Å². The molecule has 1 unspecified atom stereocenters. The Balaban J connectivity index is 2.46. The first kappa shape index (κ1) is 11.7. The van der Waals surface area contributed by atoms with Gasteiger partial charge >= 0.3 is 0 Å². The Bertz CT molecular complexity index is 476. The zero-order chi connectivity index (χ0) is 11.9. The zero-order valence-electron chi connectivity index (χ0n) is 9.92. The second-order valence-corrected chi connectivity index (χ2v) is 6.62. The summed E-state index contributed by atoms with van der Waals surface area (Å²) >= 11 is 0. The first-order valence-electron chi connectivity index (χ1n) is 5.53. The molecule has 0 radical (unpaired) electrons. The van der Waals surface area contributed by atoms with Gasteiger partial charge in [-0.05, 0) is 18.1 Å². The number of rotatable bonds is 2. The van der Waals surface area contributed by atoms with Crippen LogP contribution in [0.1, 0.15) is 25.6 Å². The van der Waals surface area contributed by atoms with Crippen molar-refractivity contribution in [1.82, 2.24) is 8.87 Å². The molecule has 0 aliphatic carbocycles. The van der Waals surface area contributed by atoms with E-state index in [2.05, 4.69) is 18.4 Å². The fourth-order valence-corrected chi connectivity index (χ4v) is 3.62. The number of fused-ring (bicyclic) bond motifs is 1. The van der Waals surface area contributed by atoms with E-state index in [1.807, 2.05) is 18.3 Å². The Hall–Kier alpha value is -0.810. The van der Waals surface area contributed by atoms with Crippen LogP contribution in [-0.2, 0) is 16.6 Å². The van der Waals surface area contributed by atoms with Gasteiger partial charge in [-0.3, -0.25) is 0 Å². The molecule has 0 saturated carbocycles. The summed E-state index contributed by atoms with van der Waals surface area (Å²) in [4.78, 5) is 0. The fraction of sp³-hybridized carbons (Fsp3) is 0.636. The van der Waals surface area contributed by atoms with Gasteiger partial charge in [0, 0.05) is 25.0 Å². The maximum atomic E-state index is 11.7.